The molecular formula is C11H12ClNO3S. The number of halogens is 1. The second-order valence-electron chi connectivity index (χ2n) is 4.22. The Balaban J connectivity index is 2.38. The van der Waals surface area contributed by atoms with E-state index in [-0.39, 0.29) is 5.92 Å². The maximum atomic E-state index is 11.5. The van der Waals surface area contributed by atoms with Crippen molar-refractivity contribution >= 4 is 25.8 Å². The molecule has 2 rings (SSSR count). The Hall–Kier alpha value is -1.07. The molecule has 1 aromatic carbocycles. The lowest BCUT2D eigenvalue weighted by molar-refractivity contribution is -0.145. The van der Waals surface area contributed by atoms with Gasteiger partial charge in [-0.2, -0.15) is 8.42 Å². The van der Waals surface area contributed by atoms with Gasteiger partial charge in [0.25, 0.3) is 0 Å². The summed E-state index contributed by atoms with van der Waals surface area (Å²) in [6.45, 7) is 3.64. The Labute approximate surface area is 105 Å². The Morgan fingerprint density at radius 2 is 1.76 bits per heavy atom. The molecule has 1 saturated heterocycles. The van der Waals surface area contributed by atoms with Crippen molar-refractivity contribution in [2.45, 2.75) is 19.9 Å². The third-order valence-corrected chi connectivity index (χ3v) is 4.31. The molecule has 2 unspecified atom stereocenters. The van der Waals surface area contributed by atoms with Crippen molar-refractivity contribution in [3.63, 3.8) is 0 Å². The maximum absolute atomic E-state index is 11.5. The summed E-state index contributed by atoms with van der Waals surface area (Å²) in [6.07, 6.45) is 0. The first-order valence-electron chi connectivity index (χ1n) is 5.17. The number of β-lactam (4-membered cyclic amide) rings is 1. The largest absolute Gasteiger partial charge is 0.324 e. The van der Waals surface area contributed by atoms with E-state index < -0.39 is 21.2 Å². The highest BCUT2D eigenvalue weighted by Crippen LogP contribution is 2.42. The quantitative estimate of drug-likeness (QED) is 0.612. The molecule has 0 spiro atoms. The summed E-state index contributed by atoms with van der Waals surface area (Å²) in [5, 5.41) is 0. The second kappa shape index (κ2) is 3.99. The summed E-state index contributed by atoms with van der Waals surface area (Å²) in [4.78, 5) is 11.5. The normalized spacial score (nSPS) is 24.6. The molecule has 0 radical (unpaired) electrons. The van der Waals surface area contributed by atoms with Gasteiger partial charge in [0.05, 0.1) is 12.0 Å². The van der Waals surface area contributed by atoms with E-state index >= 15 is 0 Å². The first-order chi connectivity index (χ1) is 7.82. The van der Waals surface area contributed by atoms with Crippen molar-refractivity contribution in [3.05, 3.63) is 35.4 Å². The van der Waals surface area contributed by atoms with Gasteiger partial charge in [0.15, 0.2) is 0 Å². The third-order valence-electron chi connectivity index (χ3n) is 2.99. The average Bonchev–Trinajstić information content (AvgIpc) is 2.24. The van der Waals surface area contributed by atoms with Gasteiger partial charge < -0.3 is 0 Å². The SMILES string of the molecule is Cc1ccc(C2C(C)C(=O)N2S(=O)(=O)Cl)cc1. The van der Waals surface area contributed by atoms with Crippen LogP contribution in [0.3, 0.4) is 0 Å². The molecule has 1 amide bonds. The smallest absolute Gasteiger partial charge is 0.273 e. The zero-order valence-electron chi connectivity index (χ0n) is 9.42. The van der Waals surface area contributed by atoms with E-state index in [1.807, 2.05) is 31.2 Å². The van der Waals surface area contributed by atoms with Crippen LogP contribution in [-0.2, 0) is 14.0 Å². The van der Waals surface area contributed by atoms with Gasteiger partial charge in [-0.25, -0.2) is 4.31 Å². The molecule has 1 fully saturated rings. The van der Waals surface area contributed by atoms with E-state index in [2.05, 4.69) is 0 Å². The Morgan fingerprint density at radius 1 is 1.24 bits per heavy atom. The van der Waals surface area contributed by atoms with E-state index in [1.165, 1.54) is 0 Å². The van der Waals surface area contributed by atoms with Gasteiger partial charge in [-0.15, -0.1) is 0 Å². The topological polar surface area (TPSA) is 54.5 Å². The molecule has 1 aromatic rings. The van der Waals surface area contributed by atoms with Crippen LogP contribution in [0.4, 0.5) is 0 Å². The first-order valence-corrected chi connectivity index (χ1v) is 7.43. The predicted molar refractivity (Wildman–Crippen MR) is 64.7 cm³/mol. The summed E-state index contributed by atoms with van der Waals surface area (Å²) in [5.41, 5.74) is 1.86. The lowest BCUT2D eigenvalue weighted by Gasteiger charge is -2.43. The van der Waals surface area contributed by atoms with Crippen LogP contribution in [0.1, 0.15) is 24.1 Å². The average molecular weight is 274 g/mol. The Kier molecular flexibility index (Phi) is 2.91. The van der Waals surface area contributed by atoms with Crippen molar-refractivity contribution in [2.24, 2.45) is 5.92 Å². The third kappa shape index (κ3) is 2.05. The highest BCUT2D eigenvalue weighted by atomic mass is 35.7. The minimum absolute atomic E-state index is 0.355. The maximum Gasteiger partial charge on any atom is 0.324 e. The Bertz CT molecular complexity index is 553. The summed E-state index contributed by atoms with van der Waals surface area (Å²) >= 11 is 0. The van der Waals surface area contributed by atoms with Gasteiger partial charge in [-0.05, 0) is 12.5 Å². The van der Waals surface area contributed by atoms with Crippen LogP contribution in [0.2, 0.25) is 0 Å². The summed E-state index contributed by atoms with van der Waals surface area (Å²) < 4.78 is 23.3. The molecule has 17 heavy (non-hydrogen) atoms. The first kappa shape index (κ1) is 12.4. The lowest BCUT2D eigenvalue weighted by Crippen LogP contribution is -2.54. The highest BCUT2D eigenvalue weighted by Gasteiger charge is 2.50. The zero-order valence-corrected chi connectivity index (χ0v) is 11.0. The number of hydrogen-bond acceptors (Lipinski definition) is 3. The minimum Gasteiger partial charge on any atom is -0.273 e. The number of rotatable bonds is 2. The van der Waals surface area contributed by atoms with E-state index in [4.69, 9.17) is 10.7 Å². The van der Waals surface area contributed by atoms with E-state index in [0.29, 0.717) is 0 Å². The fraction of sp³-hybridized carbons (Fsp3) is 0.364. The number of hydrogen-bond donors (Lipinski definition) is 0. The van der Waals surface area contributed by atoms with Gasteiger partial charge in [0.2, 0.25) is 5.91 Å². The van der Waals surface area contributed by atoms with E-state index in [1.54, 1.807) is 6.92 Å². The molecule has 1 aliphatic heterocycles. The van der Waals surface area contributed by atoms with Crippen LogP contribution in [0.25, 0.3) is 0 Å². The minimum atomic E-state index is -4.00. The van der Waals surface area contributed by atoms with Crippen molar-refractivity contribution < 1.29 is 13.2 Å². The van der Waals surface area contributed by atoms with Gasteiger partial charge in [-0.1, -0.05) is 36.8 Å². The molecule has 2 atom stereocenters. The number of nitrogens with zero attached hydrogens (tertiary/aromatic N) is 1. The molecule has 92 valence electrons. The van der Waals surface area contributed by atoms with Crippen molar-refractivity contribution in [1.82, 2.24) is 4.31 Å². The van der Waals surface area contributed by atoms with Crippen molar-refractivity contribution in [1.29, 1.82) is 0 Å². The van der Waals surface area contributed by atoms with Crippen LogP contribution in [-0.4, -0.2) is 18.6 Å². The lowest BCUT2D eigenvalue weighted by atomic mass is 9.86. The van der Waals surface area contributed by atoms with Crippen molar-refractivity contribution in [2.75, 3.05) is 0 Å². The number of aryl methyl sites for hydroxylation is 1. The summed E-state index contributed by atoms with van der Waals surface area (Å²) in [7, 11) is 1.25. The van der Waals surface area contributed by atoms with Gasteiger partial charge in [-0.3, -0.25) is 4.79 Å². The number of carbonyl (C=O) groups excluding carboxylic acids is 1. The molecular weight excluding hydrogens is 262 g/mol. The van der Waals surface area contributed by atoms with Gasteiger partial charge in [0, 0.05) is 10.7 Å². The van der Waals surface area contributed by atoms with E-state index in [9.17, 15) is 13.2 Å². The molecule has 4 nitrogen and oxygen atoms in total. The molecule has 6 heteroatoms. The predicted octanol–water partition coefficient (Wildman–Crippen LogP) is 2.00. The Morgan fingerprint density at radius 3 is 2.24 bits per heavy atom. The summed E-state index contributed by atoms with van der Waals surface area (Å²) in [5.74, 6) is -0.809. The molecule has 1 heterocycles. The molecule has 1 aliphatic rings. The van der Waals surface area contributed by atoms with Crippen LogP contribution < -0.4 is 0 Å². The fourth-order valence-electron chi connectivity index (χ4n) is 2.02. The van der Waals surface area contributed by atoms with Crippen LogP contribution in [0.15, 0.2) is 24.3 Å². The highest BCUT2D eigenvalue weighted by molar-refractivity contribution is 8.12. The van der Waals surface area contributed by atoms with Gasteiger partial charge in [0.1, 0.15) is 0 Å². The summed E-state index contributed by atoms with van der Waals surface area (Å²) in [6, 6.07) is 6.91. The van der Waals surface area contributed by atoms with Crippen LogP contribution >= 0.6 is 10.7 Å². The molecule has 0 aromatic heterocycles. The second-order valence-corrected chi connectivity index (χ2v) is 6.61. The van der Waals surface area contributed by atoms with Gasteiger partial charge >= 0.3 is 9.24 Å². The number of benzene rings is 1. The monoisotopic (exact) mass is 273 g/mol. The molecule has 0 aliphatic carbocycles. The number of carbonyl (C=O) groups is 1. The standard InChI is InChI=1S/C11H12ClNO3S/c1-7-3-5-9(6-4-7)10-8(2)11(14)13(10)17(12,15)16/h3-6,8,10H,1-2H3. The molecule has 0 bridgehead atoms. The number of amides is 1. The van der Waals surface area contributed by atoms with Crippen molar-refractivity contribution in [3.8, 4) is 0 Å². The van der Waals surface area contributed by atoms with Crippen LogP contribution in [0.5, 0.6) is 0 Å². The molecule has 0 N–H and O–H groups in total. The van der Waals surface area contributed by atoms with E-state index in [0.717, 1.165) is 15.4 Å². The van der Waals surface area contributed by atoms with Crippen LogP contribution in [0, 0.1) is 12.8 Å². The fourth-order valence-corrected chi connectivity index (χ4v) is 3.44. The molecule has 0 saturated carbocycles. The zero-order chi connectivity index (χ0) is 12.8.